The Morgan fingerprint density at radius 3 is 1.21 bits per heavy atom. The zero-order valence-electron chi connectivity index (χ0n) is 9.25. The van der Waals surface area contributed by atoms with Gasteiger partial charge < -0.3 is 13.6 Å². The third-order valence-electron chi connectivity index (χ3n) is 1.20. The van der Waals surface area contributed by atoms with E-state index in [2.05, 4.69) is 20.8 Å². The van der Waals surface area contributed by atoms with Gasteiger partial charge in [-0.2, -0.15) is 0 Å². The molecule has 3 nitrogen and oxygen atoms in total. The minimum absolute atomic E-state index is 0. The summed E-state index contributed by atoms with van der Waals surface area (Å²) in [6.45, 7) is 8.39. The van der Waals surface area contributed by atoms with Gasteiger partial charge in [0, 0.05) is 16.8 Å². The molecule has 0 fully saturated rings. The third kappa shape index (κ3) is 10.9. The van der Waals surface area contributed by atoms with Gasteiger partial charge >= 0.3 is 8.60 Å². The summed E-state index contributed by atoms with van der Waals surface area (Å²) in [5.41, 5.74) is 0. The summed E-state index contributed by atoms with van der Waals surface area (Å²) >= 11 is 0. The zero-order chi connectivity index (χ0) is 9.94. The molecule has 0 rings (SSSR count). The van der Waals surface area contributed by atoms with Crippen LogP contribution >= 0.6 is 8.60 Å². The van der Waals surface area contributed by atoms with Gasteiger partial charge in [0.05, 0.1) is 19.8 Å². The van der Waals surface area contributed by atoms with Gasteiger partial charge in [-0.1, -0.05) is 20.8 Å². The number of hydrogen-bond donors (Lipinski definition) is 0. The van der Waals surface area contributed by atoms with E-state index in [4.69, 9.17) is 13.6 Å². The Balaban J connectivity index is 0. The Bertz CT molecular complexity index is 87.0. The van der Waals surface area contributed by atoms with Crippen LogP contribution in [-0.4, -0.2) is 19.8 Å². The molecule has 0 atom stereocenters. The average Bonchev–Trinajstić information content (AvgIpc) is 2.17. The maximum absolute atomic E-state index is 5.42. The summed E-state index contributed by atoms with van der Waals surface area (Å²) in [7, 11) is -1.08. The fourth-order valence-corrected chi connectivity index (χ4v) is 1.83. The van der Waals surface area contributed by atoms with Crippen LogP contribution in [-0.2, 0) is 30.4 Å². The summed E-state index contributed by atoms with van der Waals surface area (Å²) in [6, 6.07) is 0. The third-order valence-corrected chi connectivity index (χ3v) is 2.38. The number of rotatable bonds is 9. The van der Waals surface area contributed by atoms with E-state index in [-0.39, 0.29) is 16.8 Å². The Labute approximate surface area is 99.1 Å². The Morgan fingerprint density at radius 1 is 0.714 bits per heavy atom. The van der Waals surface area contributed by atoms with Crippen LogP contribution < -0.4 is 0 Å². The standard InChI is InChI=1S/C9H21O3P.Co/c1-4-7-10-13(11-8-5-2)12-9-6-3;/h4-9H2,1-3H3;. The fourth-order valence-electron chi connectivity index (χ4n) is 0.609. The topological polar surface area (TPSA) is 27.7 Å². The molecular formula is C9H21CoO3P. The second-order valence-electron chi connectivity index (χ2n) is 2.72. The minimum atomic E-state index is -1.08. The quantitative estimate of drug-likeness (QED) is 0.598. The smallest absolute Gasteiger partial charge is 0.312 e. The van der Waals surface area contributed by atoms with Crippen LogP contribution in [0.2, 0.25) is 0 Å². The molecule has 0 aliphatic heterocycles. The van der Waals surface area contributed by atoms with E-state index < -0.39 is 8.60 Å². The molecule has 0 aromatic carbocycles. The summed E-state index contributed by atoms with van der Waals surface area (Å²) in [4.78, 5) is 0. The van der Waals surface area contributed by atoms with E-state index in [1.807, 2.05) is 0 Å². The predicted octanol–water partition coefficient (Wildman–Crippen LogP) is 3.49. The summed E-state index contributed by atoms with van der Waals surface area (Å²) in [5.74, 6) is 0. The van der Waals surface area contributed by atoms with Crippen LogP contribution in [0.15, 0.2) is 0 Å². The molecule has 89 valence electrons. The largest absolute Gasteiger partial charge is 0.332 e. The average molecular weight is 267 g/mol. The first-order valence-corrected chi connectivity index (χ1v) is 6.13. The molecule has 0 aliphatic carbocycles. The zero-order valence-corrected chi connectivity index (χ0v) is 11.2. The second kappa shape index (κ2) is 13.8. The van der Waals surface area contributed by atoms with Crippen molar-refractivity contribution in [2.45, 2.75) is 40.0 Å². The van der Waals surface area contributed by atoms with E-state index >= 15 is 0 Å². The second-order valence-corrected chi connectivity index (χ2v) is 3.95. The van der Waals surface area contributed by atoms with Gasteiger partial charge in [-0.05, 0) is 19.3 Å². The SMILES string of the molecule is CCCOP(OCCC)OCCC.[Co]. The molecule has 0 aliphatic rings. The van der Waals surface area contributed by atoms with Crippen molar-refractivity contribution in [2.75, 3.05) is 19.8 Å². The monoisotopic (exact) mass is 267 g/mol. The first-order valence-electron chi connectivity index (χ1n) is 5.04. The van der Waals surface area contributed by atoms with Crippen molar-refractivity contribution in [3.63, 3.8) is 0 Å². The van der Waals surface area contributed by atoms with Crippen molar-refractivity contribution < 1.29 is 30.4 Å². The fraction of sp³-hybridized carbons (Fsp3) is 1.00. The molecular weight excluding hydrogens is 246 g/mol. The molecule has 0 aromatic rings. The van der Waals surface area contributed by atoms with Gasteiger partial charge in [0.15, 0.2) is 0 Å². The van der Waals surface area contributed by atoms with E-state index in [1.54, 1.807) is 0 Å². The van der Waals surface area contributed by atoms with E-state index in [9.17, 15) is 0 Å². The molecule has 5 heteroatoms. The van der Waals surface area contributed by atoms with Crippen molar-refractivity contribution in [3.05, 3.63) is 0 Å². The van der Waals surface area contributed by atoms with Gasteiger partial charge in [-0.25, -0.2) is 0 Å². The molecule has 14 heavy (non-hydrogen) atoms. The van der Waals surface area contributed by atoms with E-state index in [1.165, 1.54) is 0 Å². The van der Waals surface area contributed by atoms with Crippen LogP contribution in [0.4, 0.5) is 0 Å². The van der Waals surface area contributed by atoms with Crippen LogP contribution in [0.3, 0.4) is 0 Å². The molecule has 1 radical (unpaired) electrons. The minimum Gasteiger partial charge on any atom is -0.312 e. The molecule has 0 heterocycles. The summed E-state index contributed by atoms with van der Waals surface area (Å²) in [5, 5.41) is 0. The summed E-state index contributed by atoms with van der Waals surface area (Å²) < 4.78 is 16.2. The van der Waals surface area contributed by atoms with Gasteiger partial charge in [-0.3, -0.25) is 0 Å². The molecule has 0 bridgehead atoms. The van der Waals surface area contributed by atoms with E-state index in [0.717, 1.165) is 39.1 Å². The van der Waals surface area contributed by atoms with Crippen LogP contribution in [0.25, 0.3) is 0 Å². The van der Waals surface area contributed by atoms with Crippen molar-refractivity contribution in [1.82, 2.24) is 0 Å². The van der Waals surface area contributed by atoms with Gasteiger partial charge in [0.1, 0.15) is 0 Å². The molecule has 0 saturated heterocycles. The first kappa shape index (κ1) is 17.2. The molecule has 0 N–H and O–H groups in total. The van der Waals surface area contributed by atoms with E-state index in [0.29, 0.717) is 0 Å². The molecule has 0 unspecified atom stereocenters. The maximum Gasteiger partial charge on any atom is 0.332 e. The Morgan fingerprint density at radius 2 is 1.00 bits per heavy atom. The van der Waals surface area contributed by atoms with Crippen molar-refractivity contribution in [3.8, 4) is 0 Å². The molecule has 0 spiro atoms. The first-order chi connectivity index (χ1) is 6.35. The normalized spacial score (nSPS) is 10.3. The summed E-state index contributed by atoms with van der Waals surface area (Å²) in [6.07, 6.45) is 3.01. The van der Waals surface area contributed by atoms with Gasteiger partial charge in [-0.15, -0.1) is 0 Å². The molecule has 0 aromatic heterocycles. The van der Waals surface area contributed by atoms with Gasteiger partial charge in [0.25, 0.3) is 0 Å². The Hall–Kier alpha value is 0.816. The van der Waals surface area contributed by atoms with Crippen LogP contribution in [0.5, 0.6) is 0 Å². The predicted molar refractivity (Wildman–Crippen MR) is 55.6 cm³/mol. The van der Waals surface area contributed by atoms with Gasteiger partial charge in [0.2, 0.25) is 0 Å². The molecule has 0 amide bonds. The number of hydrogen-bond acceptors (Lipinski definition) is 3. The van der Waals surface area contributed by atoms with Crippen LogP contribution in [0, 0.1) is 0 Å². The molecule has 0 saturated carbocycles. The van der Waals surface area contributed by atoms with Crippen molar-refractivity contribution in [1.29, 1.82) is 0 Å². The van der Waals surface area contributed by atoms with Crippen molar-refractivity contribution in [2.24, 2.45) is 0 Å². The van der Waals surface area contributed by atoms with Crippen molar-refractivity contribution >= 4 is 8.60 Å². The van der Waals surface area contributed by atoms with Crippen LogP contribution in [0.1, 0.15) is 40.0 Å². The maximum atomic E-state index is 5.42. The Kier molecular flexibility index (Phi) is 17.0.